The van der Waals surface area contributed by atoms with E-state index in [4.69, 9.17) is 27.9 Å². The van der Waals surface area contributed by atoms with E-state index in [9.17, 15) is 0 Å². The molecule has 2 nitrogen and oxygen atoms in total. The summed E-state index contributed by atoms with van der Waals surface area (Å²) in [5.74, 6) is 1.32. The molecule has 0 unspecified atom stereocenters. The monoisotopic (exact) mass is 279 g/mol. The Morgan fingerprint density at radius 2 is 1.67 bits per heavy atom. The maximum atomic E-state index is 5.82. The van der Waals surface area contributed by atoms with Gasteiger partial charge >= 0.3 is 0 Å². The molecule has 0 N–H and O–H groups in total. The number of ether oxygens (including phenoxy) is 1. The molecule has 2 aromatic carbocycles. The van der Waals surface area contributed by atoms with Crippen molar-refractivity contribution < 1.29 is 4.74 Å². The van der Waals surface area contributed by atoms with Gasteiger partial charge in [-0.05, 0) is 36.4 Å². The van der Waals surface area contributed by atoms with Crippen molar-refractivity contribution in [3.8, 4) is 5.75 Å². The average molecular weight is 280 g/mol. The minimum Gasteiger partial charge on any atom is -0.442 e. The zero-order valence-electron chi connectivity index (χ0n) is 9.51. The van der Waals surface area contributed by atoms with Gasteiger partial charge in [-0.2, -0.15) is 0 Å². The zero-order chi connectivity index (χ0) is 12.8. The summed E-state index contributed by atoms with van der Waals surface area (Å²) in [6.07, 6.45) is 0. The summed E-state index contributed by atoms with van der Waals surface area (Å²) in [5.41, 5.74) is 0.808. The fourth-order valence-corrected chi connectivity index (χ4v) is 1.61. The Morgan fingerprint density at radius 3 is 2.28 bits per heavy atom. The van der Waals surface area contributed by atoms with Crippen LogP contribution in [0.4, 0.5) is 5.69 Å². The minimum atomic E-state index is 0.206. The van der Waals surface area contributed by atoms with Gasteiger partial charge in [0.05, 0.1) is 11.6 Å². The van der Waals surface area contributed by atoms with Crippen molar-refractivity contribution in [2.24, 2.45) is 4.99 Å². The molecule has 2 aromatic rings. The molecule has 0 fully saturated rings. The van der Waals surface area contributed by atoms with Crippen molar-refractivity contribution in [2.45, 2.75) is 0 Å². The van der Waals surface area contributed by atoms with Gasteiger partial charge in [0.1, 0.15) is 5.75 Å². The summed E-state index contributed by atoms with van der Waals surface area (Å²) >= 11 is 11.6. The van der Waals surface area contributed by atoms with Gasteiger partial charge in [0.15, 0.2) is 0 Å². The van der Waals surface area contributed by atoms with E-state index < -0.39 is 0 Å². The quantitative estimate of drug-likeness (QED) is 0.454. The molecule has 0 aromatic heterocycles. The first-order valence-electron chi connectivity index (χ1n) is 5.40. The molecule has 92 valence electrons. The molecule has 0 heterocycles. The normalized spacial score (nSPS) is 11.3. The van der Waals surface area contributed by atoms with Crippen molar-refractivity contribution in [3.63, 3.8) is 0 Å². The number of para-hydroxylation sites is 1. The zero-order valence-corrected chi connectivity index (χ0v) is 11.0. The molecule has 0 aliphatic rings. The standard InChI is InChI=1S/C14H11Cl2NO/c15-10-14(17-12-4-2-1-3-5-12)18-13-8-6-11(16)7-9-13/h1-9H,10H2. The Bertz CT molecular complexity index is 523. The van der Waals surface area contributed by atoms with Crippen LogP contribution < -0.4 is 4.74 Å². The van der Waals surface area contributed by atoms with Gasteiger partial charge < -0.3 is 4.74 Å². The highest BCUT2D eigenvalue weighted by Crippen LogP contribution is 2.17. The smallest absolute Gasteiger partial charge is 0.210 e. The summed E-state index contributed by atoms with van der Waals surface area (Å²) in [7, 11) is 0. The summed E-state index contributed by atoms with van der Waals surface area (Å²) < 4.78 is 5.58. The maximum absolute atomic E-state index is 5.82. The van der Waals surface area contributed by atoms with E-state index in [2.05, 4.69) is 4.99 Å². The van der Waals surface area contributed by atoms with Crippen LogP contribution >= 0.6 is 23.2 Å². The topological polar surface area (TPSA) is 21.6 Å². The molecular formula is C14H11Cl2NO. The molecule has 0 atom stereocenters. The Hall–Kier alpha value is -1.51. The predicted molar refractivity (Wildman–Crippen MR) is 76.3 cm³/mol. The minimum absolute atomic E-state index is 0.206. The first kappa shape index (κ1) is 12.9. The number of nitrogens with zero attached hydrogens (tertiary/aromatic N) is 1. The number of rotatable bonds is 3. The van der Waals surface area contributed by atoms with E-state index in [0.717, 1.165) is 5.69 Å². The lowest BCUT2D eigenvalue weighted by atomic mass is 10.3. The van der Waals surface area contributed by atoms with Crippen molar-refractivity contribution in [2.75, 3.05) is 5.88 Å². The van der Waals surface area contributed by atoms with E-state index in [-0.39, 0.29) is 5.88 Å². The van der Waals surface area contributed by atoms with Crippen LogP contribution in [0, 0.1) is 0 Å². The van der Waals surface area contributed by atoms with E-state index >= 15 is 0 Å². The van der Waals surface area contributed by atoms with Crippen molar-refractivity contribution in [1.29, 1.82) is 0 Å². The van der Waals surface area contributed by atoms with Gasteiger partial charge in [-0.15, -0.1) is 11.6 Å². The van der Waals surface area contributed by atoms with Crippen molar-refractivity contribution >= 4 is 34.8 Å². The second kappa shape index (κ2) is 6.43. The summed E-state index contributed by atoms with van der Waals surface area (Å²) in [4.78, 5) is 4.32. The third-order valence-electron chi connectivity index (χ3n) is 2.17. The van der Waals surface area contributed by atoms with Crippen LogP contribution in [0.25, 0.3) is 0 Å². The molecule has 0 aliphatic carbocycles. The van der Waals surface area contributed by atoms with Crippen LogP contribution in [0.3, 0.4) is 0 Å². The highest BCUT2D eigenvalue weighted by molar-refractivity contribution is 6.30. The summed E-state index contributed by atoms with van der Waals surface area (Å²) in [6, 6.07) is 16.6. The molecule has 0 saturated carbocycles. The second-order valence-corrected chi connectivity index (χ2v) is 4.23. The third kappa shape index (κ3) is 3.76. The lowest BCUT2D eigenvalue weighted by Gasteiger charge is -2.06. The number of alkyl halides is 1. The molecule has 0 aliphatic heterocycles. The van der Waals surface area contributed by atoms with Crippen LogP contribution in [0.1, 0.15) is 0 Å². The van der Waals surface area contributed by atoms with Crippen LogP contribution in [0.5, 0.6) is 5.75 Å². The van der Waals surface area contributed by atoms with Crippen molar-refractivity contribution in [1.82, 2.24) is 0 Å². The van der Waals surface area contributed by atoms with Crippen molar-refractivity contribution in [3.05, 3.63) is 59.6 Å². The molecule has 18 heavy (non-hydrogen) atoms. The lowest BCUT2D eigenvalue weighted by molar-refractivity contribution is 0.548. The third-order valence-corrected chi connectivity index (χ3v) is 2.65. The average Bonchev–Trinajstić information content (AvgIpc) is 2.41. The molecule has 0 spiro atoms. The molecule has 2 rings (SSSR count). The van der Waals surface area contributed by atoms with Crippen LogP contribution in [-0.4, -0.2) is 11.8 Å². The van der Waals surface area contributed by atoms with Gasteiger partial charge in [-0.25, -0.2) is 4.99 Å². The van der Waals surface area contributed by atoms with Gasteiger partial charge in [-0.3, -0.25) is 0 Å². The Labute approximate surface area is 116 Å². The molecule has 0 amide bonds. The van der Waals surface area contributed by atoms with Crippen LogP contribution in [0.15, 0.2) is 59.6 Å². The van der Waals surface area contributed by atoms with E-state index in [0.29, 0.717) is 16.7 Å². The van der Waals surface area contributed by atoms with Crippen LogP contribution in [0.2, 0.25) is 5.02 Å². The molecular weight excluding hydrogens is 269 g/mol. The van der Waals surface area contributed by atoms with Gasteiger partial charge in [0.2, 0.25) is 5.90 Å². The van der Waals surface area contributed by atoms with E-state index in [1.54, 1.807) is 24.3 Å². The highest BCUT2D eigenvalue weighted by atomic mass is 35.5. The Balaban J connectivity index is 2.15. The Morgan fingerprint density at radius 1 is 1.00 bits per heavy atom. The fourth-order valence-electron chi connectivity index (χ4n) is 1.37. The second-order valence-electron chi connectivity index (χ2n) is 3.53. The van der Waals surface area contributed by atoms with Gasteiger partial charge in [0, 0.05) is 5.02 Å². The lowest BCUT2D eigenvalue weighted by Crippen LogP contribution is -2.09. The van der Waals surface area contributed by atoms with E-state index in [1.165, 1.54) is 0 Å². The largest absolute Gasteiger partial charge is 0.442 e. The summed E-state index contributed by atoms with van der Waals surface area (Å²) in [5, 5.41) is 0.662. The number of benzene rings is 2. The molecule has 0 saturated heterocycles. The number of halogens is 2. The summed E-state index contributed by atoms with van der Waals surface area (Å²) in [6.45, 7) is 0. The van der Waals surface area contributed by atoms with Crippen LogP contribution in [-0.2, 0) is 0 Å². The first-order valence-corrected chi connectivity index (χ1v) is 6.31. The van der Waals surface area contributed by atoms with Gasteiger partial charge in [0.25, 0.3) is 0 Å². The highest BCUT2D eigenvalue weighted by Gasteiger charge is 2.02. The first-order chi connectivity index (χ1) is 8.78. The molecule has 0 bridgehead atoms. The number of aliphatic imine (C=N–C) groups is 1. The fraction of sp³-hybridized carbons (Fsp3) is 0.0714. The Kier molecular flexibility index (Phi) is 4.62. The predicted octanol–water partition coefficient (Wildman–Crippen LogP) is 4.69. The molecule has 0 radical (unpaired) electrons. The molecule has 4 heteroatoms. The number of hydrogen-bond donors (Lipinski definition) is 0. The number of hydrogen-bond acceptors (Lipinski definition) is 2. The van der Waals surface area contributed by atoms with Gasteiger partial charge in [-0.1, -0.05) is 29.8 Å². The van der Waals surface area contributed by atoms with E-state index in [1.807, 2.05) is 30.3 Å². The maximum Gasteiger partial charge on any atom is 0.210 e. The SMILES string of the molecule is ClCC(=Nc1ccccc1)Oc1ccc(Cl)cc1.